The third-order valence-corrected chi connectivity index (χ3v) is 4.76. The molecule has 11 nitrogen and oxygen atoms in total. The number of carboxylic acids is 3. The van der Waals surface area contributed by atoms with Crippen molar-refractivity contribution in [3.63, 3.8) is 0 Å². The zero-order valence-corrected chi connectivity index (χ0v) is 18.0. The molecular weight excluding hydrogens is 410 g/mol. The zero-order valence-electron chi connectivity index (χ0n) is 18.0. The predicted octanol–water partition coefficient (Wildman–Crippen LogP) is 0.848. The normalized spacial score (nSPS) is 13.6. The monoisotopic (exact) mass is 445 g/mol. The van der Waals surface area contributed by atoms with E-state index in [1.165, 1.54) is 0 Å². The van der Waals surface area contributed by atoms with Gasteiger partial charge in [-0.3, -0.25) is 14.4 Å². The van der Waals surface area contributed by atoms with Crippen LogP contribution in [-0.2, 0) is 24.0 Å². The van der Waals surface area contributed by atoms with Crippen LogP contribution in [0.25, 0.3) is 0 Å². The number of unbranched alkanes of at least 4 members (excludes halogenated alkanes) is 4. The van der Waals surface area contributed by atoms with E-state index in [0.29, 0.717) is 6.42 Å². The summed E-state index contributed by atoms with van der Waals surface area (Å²) in [7, 11) is 0. The molecule has 0 saturated carbocycles. The Morgan fingerprint density at radius 2 is 1.19 bits per heavy atom. The van der Waals surface area contributed by atoms with E-state index in [2.05, 4.69) is 17.6 Å². The van der Waals surface area contributed by atoms with E-state index in [0.717, 1.165) is 25.7 Å². The molecule has 0 heterocycles. The predicted molar refractivity (Wildman–Crippen MR) is 111 cm³/mol. The molecule has 0 rings (SSSR count). The number of nitrogens with two attached hydrogens (primary N) is 1. The summed E-state index contributed by atoms with van der Waals surface area (Å²) in [6, 6.07) is -3.60. The fraction of sp³-hybridized carbons (Fsp3) is 0.750. The minimum atomic E-state index is -1.29. The van der Waals surface area contributed by atoms with Crippen LogP contribution < -0.4 is 16.4 Å². The van der Waals surface area contributed by atoms with Crippen molar-refractivity contribution in [2.75, 3.05) is 0 Å². The third-order valence-electron chi connectivity index (χ3n) is 4.76. The van der Waals surface area contributed by atoms with Crippen LogP contribution in [0.5, 0.6) is 0 Å². The first-order chi connectivity index (χ1) is 14.6. The molecule has 3 atom stereocenters. The van der Waals surface area contributed by atoms with Gasteiger partial charge in [0, 0.05) is 12.8 Å². The van der Waals surface area contributed by atoms with Crippen LogP contribution in [0.2, 0.25) is 0 Å². The highest BCUT2D eigenvalue weighted by molar-refractivity contribution is 5.86. The Morgan fingerprint density at radius 1 is 0.677 bits per heavy atom. The van der Waals surface area contributed by atoms with Gasteiger partial charge >= 0.3 is 17.9 Å². The quantitative estimate of drug-likeness (QED) is 0.166. The van der Waals surface area contributed by atoms with Gasteiger partial charge in [-0.05, 0) is 32.1 Å². The van der Waals surface area contributed by atoms with E-state index in [1.807, 2.05) is 0 Å². The highest BCUT2D eigenvalue weighted by Gasteiger charge is 2.24. The Morgan fingerprint density at radius 3 is 1.71 bits per heavy atom. The molecule has 0 aliphatic carbocycles. The van der Waals surface area contributed by atoms with Gasteiger partial charge in [-0.15, -0.1) is 0 Å². The van der Waals surface area contributed by atoms with Crippen LogP contribution in [0.3, 0.4) is 0 Å². The lowest BCUT2D eigenvalue weighted by Gasteiger charge is -2.17. The molecule has 0 aromatic rings. The Labute approximate surface area is 181 Å². The number of carboxylic acid groups (broad SMARTS) is 3. The Balaban J connectivity index is 4.44. The van der Waals surface area contributed by atoms with Crippen molar-refractivity contribution in [2.24, 2.45) is 5.73 Å². The summed E-state index contributed by atoms with van der Waals surface area (Å²) in [5.41, 5.74) is 5.36. The maximum Gasteiger partial charge on any atom is 0.326 e. The smallest absolute Gasteiger partial charge is 0.326 e. The van der Waals surface area contributed by atoms with Crippen molar-refractivity contribution in [3.05, 3.63) is 0 Å². The molecule has 0 aliphatic rings. The molecule has 2 amide bonds. The standard InChI is InChI=1S/C20H35N3O8/c1-2-3-4-5-6-10-16(24)23-15(20(30)31)11-12-17(25)22-14(19(28)29)9-7-8-13(21)18(26)27/h13-15H,2-12,21H2,1H3,(H,22,25)(H,23,24)(H,26,27)(H,28,29)(H,30,31)/t13-,14+,15-/m1/s1. The maximum absolute atomic E-state index is 12.0. The second-order valence-electron chi connectivity index (χ2n) is 7.50. The summed E-state index contributed by atoms with van der Waals surface area (Å²) in [4.78, 5) is 57.3. The number of hydrogen-bond donors (Lipinski definition) is 6. The highest BCUT2D eigenvalue weighted by Crippen LogP contribution is 2.07. The Bertz CT molecular complexity index is 611. The maximum atomic E-state index is 12.0. The molecule has 0 unspecified atom stereocenters. The second-order valence-corrected chi connectivity index (χ2v) is 7.50. The number of rotatable bonds is 18. The van der Waals surface area contributed by atoms with E-state index in [1.54, 1.807) is 0 Å². The summed E-state index contributed by atoms with van der Waals surface area (Å²) >= 11 is 0. The van der Waals surface area contributed by atoms with Crippen molar-refractivity contribution < 1.29 is 39.3 Å². The fourth-order valence-corrected chi connectivity index (χ4v) is 2.88. The van der Waals surface area contributed by atoms with Gasteiger partial charge in [-0.1, -0.05) is 32.6 Å². The highest BCUT2D eigenvalue weighted by atomic mass is 16.4. The first kappa shape index (κ1) is 28.3. The molecule has 0 fully saturated rings. The third kappa shape index (κ3) is 14.0. The minimum Gasteiger partial charge on any atom is -0.480 e. The zero-order chi connectivity index (χ0) is 23.8. The lowest BCUT2D eigenvalue weighted by molar-refractivity contribution is -0.143. The lowest BCUT2D eigenvalue weighted by Crippen LogP contribution is -2.44. The van der Waals surface area contributed by atoms with Gasteiger partial charge in [-0.2, -0.15) is 0 Å². The van der Waals surface area contributed by atoms with Crippen molar-refractivity contribution in [1.82, 2.24) is 10.6 Å². The molecule has 0 spiro atoms. The number of hydrogen-bond acceptors (Lipinski definition) is 6. The molecule has 0 radical (unpaired) electrons. The van der Waals surface area contributed by atoms with E-state index in [9.17, 15) is 34.2 Å². The van der Waals surface area contributed by atoms with Crippen LogP contribution in [0.1, 0.15) is 77.6 Å². The summed E-state index contributed by atoms with van der Waals surface area (Å²) in [5, 5.41) is 31.9. The largest absolute Gasteiger partial charge is 0.480 e. The average Bonchev–Trinajstić information content (AvgIpc) is 2.69. The SMILES string of the molecule is CCCCCCCC(=O)N[C@H](CCC(=O)N[C@@H](CCC[C@@H](N)C(=O)O)C(=O)O)C(=O)O. The van der Waals surface area contributed by atoms with Gasteiger partial charge in [-0.25, -0.2) is 9.59 Å². The van der Waals surface area contributed by atoms with E-state index >= 15 is 0 Å². The van der Waals surface area contributed by atoms with Crippen LogP contribution in [0.15, 0.2) is 0 Å². The minimum absolute atomic E-state index is 0.0147. The van der Waals surface area contributed by atoms with Gasteiger partial charge in [0.25, 0.3) is 0 Å². The summed E-state index contributed by atoms with van der Waals surface area (Å²) in [6.45, 7) is 2.08. The second kappa shape index (κ2) is 16.1. The Kier molecular flexibility index (Phi) is 14.7. The van der Waals surface area contributed by atoms with Crippen molar-refractivity contribution in [3.8, 4) is 0 Å². The molecule has 0 aromatic heterocycles. The van der Waals surface area contributed by atoms with E-state index in [-0.39, 0.29) is 38.5 Å². The molecule has 11 heteroatoms. The first-order valence-corrected chi connectivity index (χ1v) is 10.6. The summed E-state index contributed by atoms with van der Waals surface area (Å²) in [6.07, 6.45) is 4.67. The van der Waals surface area contributed by atoms with Crippen molar-refractivity contribution in [1.29, 1.82) is 0 Å². The number of aliphatic carboxylic acids is 3. The lowest BCUT2D eigenvalue weighted by atomic mass is 10.1. The van der Waals surface area contributed by atoms with Crippen LogP contribution in [0, 0.1) is 0 Å². The molecular formula is C20H35N3O8. The molecule has 178 valence electrons. The van der Waals surface area contributed by atoms with Gasteiger partial charge in [0.15, 0.2) is 0 Å². The van der Waals surface area contributed by atoms with E-state index < -0.39 is 47.8 Å². The van der Waals surface area contributed by atoms with Gasteiger partial charge in [0.2, 0.25) is 11.8 Å². The van der Waals surface area contributed by atoms with Gasteiger partial charge in [0.05, 0.1) is 0 Å². The first-order valence-electron chi connectivity index (χ1n) is 10.6. The summed E-state index contributed by atoms with van der Waals surface area (Å²) in [5.74, 6) is -4.83. The number of amides is 2. The molecule has 0 saturated heterocycles. The molecule has 0 aromatic carbocycles. The van der Waals surface area contributed by atoms with Gasteiger partial charge < -0.3 is 31.7 Å². The number of carbonyl (C=O) groups is 5. The molecule has 0 bridgehead atoms. The van der Waals surface area contributed by atoms with Crippen LogP contribution in [-0.4, -0.2) is 63.2 Å². The van der Waals surface area contributed by atoms with Gasteiger partial charge in [0.1, 0.15) is 18.1 Å². The topological polar surface area (TPSA) is 196 Å². The van der Waals surface area contributed by atoms with Crippen molar-refractivity contribution in [2.45, 2.75) is 95.7 Å². The van der Waals surface area contributed by atoms with E-state index in [4.69, 9.17) is 10.8 Å². The van der Waals surface area contributed by atoms with Crippen molar-refractivity contribution >= 4 is 29.7 Å². The van der Waals surface area contributed by atoms with Crippen LogP contribution >= 0.6 is 0 Å². The molecule has 31 heavy (non-hydrogen) atoms. The molecule has 7 N–H and O–H groups in total. The van der Waals surface area contributed by atoms with Crippen LogP contribution in [0.4, 0.5) is 0 Å². The average molecular weight is 446 g/mol. The number of nitrogens with one attached hydrogen (secondary N) is 2. The fourth-order valence-electron chi connectivity index (χ4n) is 2.88. The molecule has 0 aliphatic heterocycles. The number of carbonyl (C=O) groups excluding carboxylic acids is 2. The Hall–Kier alpha value is -2.69. The summed E-state index contributed by atoms with van der Waals surface area (Å²) < 4.78 is 0.